The zero-order valence-electron chi connectivity index (χ0n) is 16.6. The van der Waals surface area contributed by atoms with Crippen LogP contribution in [0.5, 0.6) is 0 Å². The lowest BCUT2D eigenvalue weighted by Gasteiger charge is -2.49. The normalized spacial score (nSPS) is 20.1. The minimum Gasteiger partial charge on any atom is -0.477 e. The summed E-state index contributed by atoms with van der Waals surface area (Å²) < 4.78 is 4.88. The largest absolute Gasteiger partial charge is 0.477 e. The highest BCUT2D eigenvalue weighted by Crippen LogP contribution is 2.40. The fourth-order valence-electron chi connectivity index (χ4n) is 2.93. The molecule has 4 N–H and O–H groups in total. The SMILES string of the molecule is C#CCO/N=C(\C(=O)N[C@@H]1C(=O)N2C(C(=O)O)=C(COC(C)=O)CS[C@@H]12)c1csc(N)n1. The van der Waals surface area contributed by atoms with E-state index in [1.165, 1.54) is 24.1 Å². The van der Waals surface area contributed by atoms with E-state index in [4.69, 9.17) is 21.7 Å². The molecule has 168 valence electrons. The van der Waals surface area contributed by atoms with Crippen LogP contribution in [-0.4, -0.2) is 74.8 Å². The summed E-state index contributed by atoms with van der Waals surface area (Å²) in [6.07, 6.45) is 5.11. The summed E-state index contributed by atoms with van der Waals surface area (Å²) in [6, 6.07) is -1.01. The fraction of sp³-hybridized carbons (Fsp3) is 0.333. The molecule has 0 unspecified atom stereocenters. The predicted molar refractivity (Wildman–Crippen MR) is 114 cm³/mol. The van der Waals surface area contributed by atoms with Gasteiger partial charge in [0.2, 0.25) is 0 Å². The summed E-state index contributed by atoms with van der Waals surface area (Å²) in [5.41, 5.74) is 5.54. The highest BCUT2D eigenvalue weighted by Gasteiger charge is 2.54. The van der Waals surface area contributed by atoms with Crippen molar-refractivity contribution in [2.24, 2.45) is 5.16 Å². The number of oxime groups is 1. The van der Waals surface area contributed by atoms with E-state index in [0.29, 0.717) is 0 Å². The number of amides is 2. The molecule has 0 spiro atoms. The van der Waals surface area contributed by atoms with Crippen LogP contribution in [0, 0.1) is 12.3 Å². The summed E-state index contributed by atoms with van der Waals surface area (Å²) in [7, 11) is 0. The summed E-state index contributed by atoms with van der Waals surface area (Å²) in [6.45, 7) is 0.761. The fourth-order valence-corrected chi connectivity index (χ4v) is 4.80. The third-order valence-corrected chi connectivity index (χ3v) is 6.28. The van der Waals surface area contributed by atoms with Crippen molar-refractivity contribution in [3.8, 4) is 12.3 Å². The van der Waals surface area contributed by atoms with Crippen LogP contribution in [0.4, 0.5) is 5.13 Å². The predicted octanol–water partition coefficient (Wildman–Crippen LogP) is -0.619. The molecule has 3 heterocycles. The molecule has 12 nitrogen and oxygen atoms in total. The lowest BCUT2D eigenvalue weighted by Crippen LogP contribution is -2.71. The van der Waals surface area contributed by atoms with Gasteiger partial charge in [0.1, 0.15) is 29.4 Å². The second-order valence-corrected chi connectivity index (χ2v) is 8.38. The van der Waals surface area contributed by atoms with Crippen molar-refractivity contribution in [3.05, 3.63) is 22.3 Å². The number of thioether (sulfide) groups is 1. The second-order valence-electron chi connectivity index (χ2n) is 6.39. The molecule has 0 saturated carbocycles. The molecule has 2 aliphatic rings. The lowest BCUT2D eigenvalue weighted by molar-refractivity contribution is -0.150. The number of carboxylic acid groups (broad SMARTS) is 1. The number of ether oxygens (including phenoxy) is 1. The van der Waals surface area contributed by atoms with Gasteiger partial charge in [-0.1, -0.05) is 11.1 Å². The van der Waals surface area contributed by atoms with Crippen molar-refractivity contribution in [2.45, 2.75) is 18.3 Å². The van der Waals surface area contributed by atoms with Crippen LogP contribution in [0.15, 0.2) is 21.8 Å². The monoisotopic (exact) mass is 479 g/mol. The van der Waals surface area contributed by atoms with Crippen molar-refractivity contribution < 1.29 is 33.9 Å². The van der Waals surface area contributed by atoms with Gasteiger partial charge in [0.25, 0.3) is 11.8 Å². The Morgan fingerprint density at radius 3 is 2.84 bits per heavy atom. The number of carbonyl (C=O) groups is 4. The Bertz CT molecular complexity index is 1070. The second kappa shape index (κ2) is 9.71. The number of anilines is 1. The van der Waals surface area contributed by atoms with E-state index < -0.39 is 35.2 Å². The molecule has 0 bridgehead atoms. The number of carboxylic acids is 1. The van der Waals surface area contributed by atoms with Crippen LogP contribution in [-0.2, 0) is 28.8 Å². The molecule has 1 saturated heterocycles. The summed E-state index contributed by atoms with van der Waals surface area (Å²) in [5.74, 6) is -0.902. The Hall–Kier alpha value is -3.57. The Morgan fingerprint density at radius 1 is 1.50 bits per heavy atom. The number of nitrogens with one attached hydrogen (secondary N) is 1. The van der Waals surface area contributed by atoms with Gasteiger partial charge >= 0.3 is 11.9 Å². The molecule has 0 aliphatic carbocycles. The molecule has 3 rings (SSSR count). The first-order valence-corrected chi connectivity index (χ1v) is 10.9. The summed E-state index contributed by atoms with van der Waals surface area (Å²) in [4.78, 5) is 58.3. The number of fused-ring (bicyclic) bond motifs is 1. The first-order valence-electron chi connectivity index (χ1n) is 8.93. The average molecular weight is 479 g/mol. The Kier molecular flexibility index (Phi) is 7.01. The molecule has 0 radical (unpaired) electrons. The van der Waals surface area contributed by atoms with Gasteiger partial charge in [-0.15, -0.1) is 29.5 Å². The number of aliphatic carboxylic acids is 1. The number of nitrogen functional groups attached to an aromatic ring is 1. The van der Waals surface area contributed by atoms with Gasteiger partial charge < -0.3 is 25.7 Å². The van der Waals surface area contributed by atoms with E-state index in [1.54, 1.807) is 0 Å². The number of hydrogen-bond donors (Lipinski definition) is 3. The standard InChI is InChI=1S/C18H17N5O7S2/c1-3-4-30-22-11(10-7-32-18(19)20-10)14(25)21-12-15(26)23-13(17(27)28)9(5-29-8(2)24)6-31-16(12)23/h1,7,12,16H,4-6H2,2H3,(H2,19,20)(H,21,25)(H,27,28)/b22-11-/t12-,16+/m1/s1. The lowest BCUT2D eigenvalue weighted by atomic mass is 10.0. The van der Waals surface area contributed by atoms with E-state index in [1.807, 2.05) is 0 Å². The minimum atomic E-state index is -1.33. The topological polar surface area (TPSA) is 174 Å². The highest BCUT2D eigenvalue weighted by molar-refractivity contribution is 8.00. The maximum atomic E-state index is 12.8. The van der Waals surface area contributed by atoms with Gasteiger partial charge in [-0.25, -0.2) is 9.78 Å². The first-order chi connectivity index (χ1) is 15.2. The molecule has 2 amide bonds. The number of carbonyl (C=O) groups excluding carboxylic acids is 3. The molecular weight excluding hydrogens is 462 g/mol. The number of β-lactam (4-membered cyclic amide) rings is 1. The summed E-state index contributed by atoms with van der Waals surface area (Å²) >= 11 is 2.31. The molecule has 1 fully saturated rings. The third-order valence-electron chi connectivity index (χ3n) is 4.27. The zero-order chi connectivity index (χ0) is 23.4. The average Bonchev–Trinajstić information content (AvgIpc) is 3.18. The number of nitrogens with two attached hydrogens (primary N) is 1. The number of rotatable bonds is 8. The summed E-state index contributed by atoms with van der Waals surface area (Å²) in [5, 5.41) is 16.8. The van der Waals surface area contributed by atoms with Crippen LogP contribution in [0.25, 0.3) is 0 Å². The van der Waals surface area contributed by atoms with E-state index in [2.05, 4.69) is 21.4 Å². The van der Waals surface area contributed by atoms with Gasteiger partial charge in [-0.3, -0.25) is 19.3 Å². The maximum absolute atomic E-state index is 12.8. The third kappa shape index (κ3) is 4.68. The number of thiazole rings is 1. The molecule has 1 aromatic rings. The van der Waals surface area contributed by atoms with Crippen molar-refractivity contribution in [2.75, 3.05) is 24.7 Å². The van der Waals surface area contributed by atoms with E-state index >= 15 is 0 Å². The van der Waals surface area contributed by atoms with E-state index in [9.17, 15) is 24.3 Å². The van der Waals surface area contributed by atoms with Crippen LogP contribution in [0.1, 0.15) is 12.6 Å². The van der Waals surface area contributed by atoms with Gasteiger partial charge in [0.15, 0.2) is 17.5 Å². The van der Waals surface area contributed by atoms with Crippen molar-refractivity contribution in [1.29, 1.82) is 0 Å². The molecule has 0 aromatic carbocycles. The van der Waals surface area contributed by atoms with Gasteiger partial charge in [-0.05, 0) is 0 Å². The number of aromatic nitrogens is 1. The van der Waals surface area contributed by atoms with Crippen molar-refractivity contribution in [1.82, 2.24) is 15.2 Å². The van der Waals surface area contributed by atoms with E-state index in [0.717, 1.165) is 16.2 Å². The van der Waals surface area contributed by atoms with Crippen LogP contribution >= 0.6 is 23.1 Å². The Morgan fingerprint density at radius 2 is 2.25 bits per heavy atom. The first kappa shape index (κ1) is 23.1. The van der Waals surface area contributed by atoms with Crippen molar-refractivity contribution >= 4 is 57.7 Å². The zero-order valence-corrected chi connectivity index (χ0v) is 18.2. The van der Waals surface area contributed by atoms with Gasteiger partial charge in [0, 0.05) is 23.6 Å². The number of hydrogen-bond acceptors (Lipinski definition) is 11. The maximum Gasteiger partial charge on any atom is 0.352 e. The van der Waals surface area contributed by atoms with Crippen LogP contribution in [0.2, 0.25) is 0 Å². The quantitative estimate of drug-likeness (QED) is 0.109. The molecule has 1 aromatic heterocycles. The van der Waals surface area contributed by atoms with Gasteiger partial charge in [-0.2, -0.15) is 0 Å². The number of esters is 1. The van der Waals surface area contributed by atoms with Gasteiger partial charge in [0.05, 0.1) is 0 Å². The smallest absolute Gasteiger partial charge is 0.352 e. The molecule has 2 atom stereocenters. The molecule has 2 aliphatic heterocycles. The molecule has 32 heavy (non-hydrogen) atoms. The minimum absolute atomic E-state index is 0.136. The number of nitrogens with zero attached hydrogens (tertiary/aromatic N) is 3. The van der Waals surface area contributed by atoms with Crippen LogP contribution in [0.3, 0.4) is 0 Å². The van der Waals surface area contributed by atoms with Crippen LogP contribution < -0.4 is 11.1 Å². The highest BCUT2D eigenvalue weighted by atomic mass is 32.2. The Labute approximate surface area is 189 Å². The Balaban J connectivity index is 1.78. The van der Waals surface area contributed by atoms with Crippen molar-refractivity contribution in [3.63, 3.8) is 0 Å². The molecular formula is C18H17N5O7S2. The number of terminal acetylenes is 1. The van der Waals surface area contributed by atoms with E-state index in [-0.39, 0.29) is 46.8 Å². The molecule has 14 heteroatoms.